The Morgan fingerprint density at radius 2 is 2.00 bits per heavy atom. The van der Waals surface area contributed by atoms with Crippen LogP contribution in [-0.2, 0) is 22.4 Å². The molecule has 1 aliphatic carbocycles. The number of aryl methyl sites for hydroxylation is 3. The van der Waals surface area contributed by atoms with Crippen LogP contribution in [0, 0.1) is 12.8 Å². The molecular weight excluding hydrogens is 334 g/mol. The second-order valence-electron chi connectivity index (χ2n) is 6.83. The number of hydrogen-bond donors (Lipinski definition) is 1. The second kappa shape index (κ2) is 6.59. The van der Waals surface area contributed by atoms with E-state index in [1.54, 1.807) is 16.2 Å². The predicted octanol–water partition coefficient (Wildman–Crippen LogP) is 3.32. The minimum absolute atomic E-state index is 0.00226. The molecule has 130 valence electrons. The van der Waals surface area contributed by atoms with Crippen LogP contribution in [0.25, 0.3) is 0 Å². The Balaban J connectivity index is 1.43. The van der Waals surface area contributed by atoms with E-state index in [0.717, 1.165) is 29.8 Å². The van der Waals surface area contributed by atoms with Crippen molar-refractivity contribution in [1.29, 1.82) is 0 Å². The molecule has 0 spiro atoms. The molecule has 25 heavy (non-hydrogen) atoms. The first-order valence-electron chi connectivity index (χ1n) is 8.76. The number of nitrogens with one attached hydrogen (secondary N) is 1. The molecule has 1 atom stereocenters. The van der Waals surface area contributed by atoms with Crippen molar-refractivity contribution in [3.63, 3.8) is 0 Å². The Kier molecular flexibility index (Phi) is 4.29. The largest absolute Gasteiger partial charge is 0.312 e. The average molecular weight is 355 g/mol. The number of rotatable bonds is 3. The predicted molar refractivity (Wildman–Crippen MR) is 99.0 cm³/mol. The number of amides is 2. The summed E-state index contributed by atoms with van der Waals surface area (Å²) in [5, 5.41) is 3.61. The summed E-state index contributed by atoms with van der Waals surface area (Å²) >= 11 is 1.58. The zero-order valence-electron chi connectivity index (χ0n) is 14.2. The molecule has 0 radical (unpaired) electrons. The summed E-state index contributed by atoms with van der Waals surface area (Å²) < 4.78 is 0. The van der Waals surface area contributed by atoms with E-state index in [4.69, 9.17) is 0 Å². The summed E-state index contributed by atoms with van der Waals surface area (Å²) in [6.07, 6.45) is 4.69. The minimum atomic E-state index is -0.324. The molecule has 1 aromatic heterocycles. The van der Waals surface area contributed by atoms with Crippen LogP contribution in [-0.4, -0.2) is 23.3 Å². The third kappa shape index (κ3) is 3.31. The van der Waals surface area contributed by atoms with Crippen molar-refractivity contribution >= 4 is 34.0 Å². The molecule has 5 nitrogen and oxygen atoms in total. The smallest absolute Gasteiger partial charge is 0.231 e. The summed E-state index contributed by atoms with van der Waals surface area (Å²) in [6, 6.07) is 7.83. The van der Waals surface area contributed by atoms with Crippen LogP contribution in [0.4, 0.5) is 10.8 Å². The lowest BCUT2D eigenvalue weighted by Crippen LogP contribution is -2.28. The van der Waals surface area contributed by atoms with Gasteiger partial charge in [-0.3, -0.25) is 9.59 Å². The summed E-state index contributed by atoms with van der Waals surface area (Å²) in [4.78, 5) is 32.5. The van der Waals surface area contributed by atoms with E-state index in [-0.39, 0.29) is 24.2 Å². The van der Waals surface area contributed by atoms with Crippen LogP contribution >= 0.6 is 11.3 Å². The molecule has 0 saturated carbocycles. The van der Waals surface area contributed by atoms with Gasteiger partial charge in [-0.2, -0.15) is 0 Å². The molecule has 6 heteroatoms. The molecule has 1 N–H and O–H groups in total. The van der Waals surface area contributed by atoms with Gasteiger partial charge in [0, 0.05) is 23.5 Å². The van der Waals surface area contributed by atoms with E-state index < -0.39 is 0 Å². The van der Waals surface area contributed by atoms with Gasteiger partial charge in [-0.25, -0.2) is 4.98 Å². The molecule has 2 amide bonds. The lowest BCUT2D eigenvalue weighted by atomic mass is 10.0. The number of hydrogen-bond acceptors (Lipinski definition) is 4. The van der Waals surface area contributed by atoms with E-state index in [9.17, 15) is 9.59 Å². The van der Waals surface area contributed by atoms with Crippen molar-refractivity contribution in [2.75, 3.05) is 16.8 Å². The average Bonchev–Trinajstić information content (AvgIpc) is 3.18. The Morgan fingerprint density at radius 1 is 1.24 bits per heavy atom. The van der Waals surface area contributed by atoms with Crippen molar-refractivity contribution in [3.05, 3.63) is 40.4 Å². The third-order valence-electron chi connectivity index (χ3n) is 4.92. The second-order valence-corrected chi connectivity index (χ2v) is 7.91. The van der Waals surface area contributed by atoms with Gasteiger partial charge in [0.2, 0.25) is 11.8 Å². The van der Waals surface area contributed by atoms with Crippen LogP contribution in [0.1, 0.15) is 35.4 Å². The van der Waals surface area contributed by atoms with Gasteiger partial charge < -0.3 is 10.2 Å². The first-order valence-corrected chi connectivity index (χ1v) is 9.58. The maximum absolute atomic E-state index is 12.6. The fraction of sp³-hybridized carbons (Fsp3) is 0.421. The number of thiazole rings is 1. The molecule has 2 aliphatic rings. The summed E-state index contributed by atoms with van der Waals surface area (Å²) in [5.74, 6) is -0.425. The first-order chi connectivity index (χ1) is 12.1. The Morgan fingerprint density at radius 3 is 2.76 bits per heavy atom. The highest BCUT2D eigenvalue weighted by Crippen LogP contribution is 2.31. The van der Waals surface area contributed by atoms with Gasteiger partial charge in [-0.15, -0.1) is 11.3 Å². The van der Waals surface area contributed by atoms with E-state index in [1.165, 1.54) is 17.7 Å². The zero-order chi connectivity index (χ0) is 17.4. The maximum atomic E-state index is 12.6. The Labute approximate surface area is 151 Å². The fourth-order valence-electron chi connectivity index (χ4n) is 3.47. The monoisotopic (exact) mass is 355 g/mol. The van der Waals surface area contributed by atoms with Crippen molar-refractivity contribution in [2.24, 2.45) is 5.92 Å². The number of aromatic nitrogens is 1. The lowest BCUT2D eigenvalue weighted by molar-refractivity contribution is -0.122. The lowest BCUT2D eigenvalue weighted by Gasteiger charge is -2.16. The highest BCUT2D eigenvalue weighted by molar-refractivity contribution is 7.15. The van der Waals surface area contributed by atoms with Gasteiger partial charge >= 0.3 is 0 Å². The van der Waals surface area contributed by atoms with Gasteiger partial charge in [-0.1, -0.05) is 17.7 Å². The molecule has 2 heterocycles. The van der Waals surface area contributed by atoms with Gasteiger partial charge in [-0.05, 0) is 44.7 Å². The Bertz CT molecular complexity index is 789. The van der Waals surface area contributed by atoms with E-state index >= 15 is 0 Å². The summed E-state index contributed by atoms with van der Waals surface area (Å²) in [6.45, 7) is 2.44. The quantitative estimate of drug-likeness (QED) is 0.919. The minimum Gasteiger partial charge on any atom is -0.312 e. The standard InChI is InChI=1S/C19H21N3O2S/c1-12-6-8-14(9-7-12)22-11-13(10-17(22)23)18(24)21-19-20-15-4-2-3-5-16(15)25-19/h6-9,13H,2-5,10-11H2,1H3,(H,20,21,24)/t13-/m1/s1. The molecule has 2 aromatic rings. The molecular formula is C19H21N3O2S. The first kappa shape index (κ1) is 16.3. The van der Waals surface area contributed by atoms with Crippen LogP contribution in [0.15, 0.2) is 24.3 Å². The van der Waals surface area contributed by atoms with Gasteiger partial charge in [0.25, 0.3) is 0 Å². The molecule has 0 unspecified atom stereocenters. The fourth-order valence-corrected chi connectivity index (χ4v) is 4.52. The van der Waals surface area contributed by atoms with Crippen LogP contribution in [0.5, 0.6) is 0 Å². The van der Waals surface area contributed by atoms with Crippen LogP contribution in [0.2, 0.25) is 0 Å². The van der Waals surface area contributed by atoms with Crippen LogP contribution in [0.3, 0.4) is 0 Å². The third-order valence-corrected chi connectivity index (χ3v) is 5.99. The van der Waals surface area contributed by atoms with Crippen molar-refractivity contribution in [1.82, 2.24) is 4.98 Å². The number of carbonyl (C=O) groups excluding carboxylic acids is 2. The number of anilines is 2. The SMILES string of the molecule is Cc1ccc(N2C[C@H](C(=O)Nc3nc4c(s3)CCCC4)CC2=O)cc1. The normalized spacial score (nSPS) is 19.8. The van der Waals surface area contributed by atoms with Gasteiger partial charge in [0.15, 0.2) is 5.13 Å². The maximum Gasteiger partial charge on any atom is 0.231 e. The number of fused-ring (bicyclic) bond motifs is 1. The van der Waals surface area contributed by atoms with E-state index in [0.29, 0.717) is 11.7 Å². The molecule has 1 aliphatic heterocycles. The molecule has 0 bridgehead atoms. The molecule has 1 aromatic carbocycles. The van der Waals surface area contributed by atoms with E-state index in [1.807, 2.05) is 31.2 Å². The summed E-state index contributed by atoms with van der Waals surface area (Å²) in [7, 11) is 0. The number of carbonyl (C=O) groups is 2. The summed E-state index contributed by atoms with van der Waals surface area (Å²) in [5.41, 5.74) is 3.14. The molecule has 1 fully saturated rings. The number of nitrogens with zero attached hydrogens (tertiary/aromatic N) is 2. The zero-order valence-corrected chi connectivity index (χ0v) is 15.1. The van der Waals surface area contributed by atoms with Gasteiger partial charge in [0.05, 0.1) is 11.6 Å². The topological polar surface area (TPSA) is 62.3 Å². The highest BCUT2D eigenvalue weighted by atomic mass is 32.1. The number of benzene rings is 1. The highest BCUT2D eigenvalue weighted by Gasteiger charge is 2.35. The Hall–Kier alpha value is -2.21. The van der Waals surface area contributed by atoms with Crippen molar-refractivity contribution < 1.29 is 9.59 Å². The molecule has 1 saturated heterocycles. The van der Waals surface area contributed by atoms with E-state index in [2.05, 4.69) is 10.3 Å². The van der Waals surface area contributed by atoms with Crippen LogP contribution < -0.4 is 10.2 Å². The molecule has 4 rings (SSSR count). The van der Waals surface area contributed by atoms with Gasteiger partial charge in [0.1, 0.15) is 0 Å². The van der Waals surface area contributed by atoms with Crippen molar-refractivity contribution in [2.45, 2.75) is 39.0 Å². The van der Waals surface area contributed by atoms with Crippen molar-refractivity contribution in [3.8, 4) is 0 Å².